The molecule has 4 heteroatoms. The van der Waals surface area contributed by atoms with E-state index >= 15 is 0 Å². The van der Waals surface area contributed by atoms with Crippen LogP contribution in [0, 0.1) is 0 Å². The van der Waals surface area contributed by atoms with Gasteiger partial charge in [0, 0.05) is 18.2 Å². The van der Waals surface area contributed by atoms with Crippen molar-refractivity contribution in [3.63, 3.8) is 0 Å². The molecule has 1 aliphatic heterocycles. The van der Waals surface area contributed by atoms with Crippen LogP contribution in [-0.4, -0.2) is 50.5 Å². The van der Waals surface area contributed by atoms with Gasteiger partial charge in [-0.25, -0.2) is 0 Å². The van der Waals surface area contributed by atoms with Crippen LogP contribution in [0.1, 0.15) is 25.8 Å². The summed E-state index contributed by atoms with van der Waals surface area (Å²) < 4.78 is 5.61. The lowest BCUT2D eigenvalue weighted by Gasteiger charge is -2.32. The van der Waals surface area contributed by atoms with Crippen LogP contribution in [0.4, 0.5) is 5.69 Å². The van der Waals surface area contributed by atoms with Crippen LogP contribution in [0.25, 0.3) is 0 Å². The number of nitrogens with zero attached hydrogens (tertiary/aromatic N) is 2. The van der Waals surface area contributed by atoms with E-state index < -0.39 is 6.23 Å². The molecule has 0 aliphatic carbocycles. The Balaban J connectivity index is 2.37. The summed E-state index contributed by atoms with van der Waals surface area (Å²) in [6.07, 6.45) is 0.419. The largest absolute Gasteiger partial charge is 0.494 e. The molecule has 0 radical (unpaired) electrons. The highest BCUT2D eigenvalue weighted by molar-refractivity contribution is 5.64. The Kier molecular flexibility index (Phi) is 4.25. The lowest BCUT2D eigenvalue weighted by Crippen LogP contribution is -2.42. The van der Waals surface area contributed by atoms with Gasteiger partial charge in [-0.1, -0.05) is 6.92 Å². The molecule has 0 fully saturated rings. The molecule has 4 nitrogen and oxygen atoms in total. The zero-order valence-electron chi connectivity index (χ0n) is 13.2. The SMILES string of the molecule is CCOc1ccc2c(c1)[C@](C)(CCN(C)C)C(O)N2C. The van der Waals surface area contributed by atoms with Crippen LogP contribution in [-0.2, 0) is 5.41 Å². The lowest BCUT2D eigenvalue weighted by atomic mass is 9.79. The number of aliphatic hydroxyl groups excluding tert-OH is 1. The van der Waals surface area contributed by atoms with Crippen LogP contribution in [0.5, 0.6) is 5.75 Å². The lowest BCUT2D eigenvalue weighted by molar-refractivity contribution is 0.0931. The quantitative estimate of drug-likeness (QED) is 0.894. The maximum Gasteiger partial charge on any atom is 0.136 e. The van der Waals surface area contributed by atoms with E-state index in [4.69, 9.17) is 4.74 Å². The molecular weight excluding hydrogens is 252 g/mol. The molecule has 0 amide bonds. The van der Waals surface area contributed by atoms with Gasteiger partial charge in [-0.2, -0.15) is 0 Å². The number of aliphatic hydroxyl groups is 1. The fraction of sp³-hybridized carbons (Fsp3) is 0.625. The average Bonchev–Trinajstić information content (AvgIpc) is 2.60. The van der Waals surface area contributed by atoms with Crippen LogP contribution in [0.15, 0.2) is 18.2 Å². The zero-order valence-corrected chi connectivity index (χ0v) is 13.2. The third-order valence-corrected chi connectivity index (χ3v) is 4.29. The summed E-state index contributed by atoms with van der Waals surface area (Å²) in [5.41, 5.74) is 2.02. The van der Waals surface area contributed by atoms with Gasteiger partial charge in [-0.3, -0.25) is 0 Å². The van der Waals surface area contributed by atoms with Gasteiger partial charge >= 0.3 is 0 Å². The highest BCUT2D eigenvalue weighted by Gasteiger charge is 2.45. The second-order valence-electron chi connectivity index (χ2n) is 6.07. The van der Waals surface area contributed by atoms with Crippen molar-refractivity contribution in [2.24, 2.45) is 0 Å². The first-order valence-electron chi connectivity index (χ1n) is 7.23. The van der Waals surface area contributed by atoms with Crippen molar-refractivity contribution in [3.8, 4) is 5.75 Å². The van der Waals surface area contributed by atoms with E-state index in [-0.39, 0.29) is 5.41 Å². The maximum atomic E-state index is 10.6. The minimum Gasteiger partial charge on any atom is -0.494 e. The highest BCUT2D eigenvalue weighted by atomic mass is 16.5. The summed E-state index contributed by atoms with van der Waals surface area (Å²) in [6, 6.07) is 6.11. The number of benzene rings is 1. The minimum atomic E-state index is -0.491. The fourth-order valence-electron chi connectivity index (χ4n) is 2.95. The Morgan fingerprint density at radius 2 is 2.10 bits per heavy atom. The Bertz CT molecular complexity index is 476. The van der Waals surface area contributed by atoms with Gasteiger partial charge in [0.1, 0.15) is 12.0 Å². The normalized spacial score (nSPS) is 25.1. The summed E-state index contributed by atoms with van der Waals surface area (Å²) in [5, 5.41) is 10.6. The third kappa shape index (κ3) is 2.50. The second-order valence-corrected chi connectivity index (χ2v) is 6.07. The molecule has 112 valence electrons. The summed E-state index contributed by atoms with van der Waals surface area (Å²) in [7, 11) is 6.07. The van der Waals surface area contributed by atoms with Crippen LogP contribution < -0.4 is 9.64 Å². The maximum absolute atomic E-state index is 10.6. The molecule has 2 rings (SSSR count). The first-order chi connectivity index (χ1) is 9.40. The summed E-state index contributed by atoms with van der Waals surface area (Å²) in [5.74, 6) is 0.879. The van der Waals surface area contributed by atoms with Gasteiger partial charge in [-0.15, -0.1) is 0 Å². The molecule has 0 bridgehead atoms. The van der Waals surface area contributed by atoms with Crippen LogP contribution >= 0.6 is 0 Å². The monoisotopic (exact) mass is 278 g/mol. The standard InChI is InChI=1S/C16H26N2O2/c1-6-20-12-7-8-14-13(11-12)16(2,9-10-17(3)4)15(19)18(14)5/h7-8,11,15,19H,6,9-10H2,1-5H3/t15?,16-/m0/s1. The van der Waals surface area contributed by atoms with Crippen molar-refractivity contribution in [2.75, 3.05) is 39.2 Å². The van der Waals surface area contributed by atoms with Crippen molar-refractivity contribution in [2.45, 2.75) is 31.9 Å². The van der Waals surface area contributed by atoms with Gasteiger partial charge in [0.15, 0.2) is 0 Å². The van der Waals surface area contributed by atoms with E-state index in [0.717, 1.165) is 24.4 Å². The van der Waals surface area contributed by atoms with E-state index in [1.54, 1.807) is 0 Å². The van der Waals surface area contributed by atoms with E-state index in [1.165, 1.54) is 5.56 Å². The number of fused-ring (bicyclic) bond motifs is 1. The summed E-state index contributed by atoms with van der Waals surface area (Å²) >= 11 is 0. The predicted molar refractivity (Wildman–Crippen MR) is 82.5 cm³/mol. The van der Waals surface area contributed by atoms with E-state index in [2.05, 4.69) is 32.0 Å². The number of anilines is 1. The molecule has 1 aromatic carbocycles. The molecule has 20 heavy (non-hydrogen) atoms. The Labute approximate surface area is 122 Å². The Morgan fingerprint density at radius 1 is 1.40 bits per heavy atom. The Morgan fingerprint density at radius 3 is 2.70 bits per heavy atom. The molecule has 1 aromatic rings. The first kappa shape index (κ1) is 15.1. The molecule has 1 unspecified atom stereocenters. The molecule has 0 saturated carbocycles. The van der Waals surface area contributed by atoms with Crippen molar-refractivity contribution < 1.29 is 9.84 Å². The Hall–Kier alpha value is -1.26. The van der Waals surface area contributed by atoms with Crippen molar-refractivity contribution in [1.29, 1.82) is 0 Å². The number of ether oxygens (including phenoxy) is 1. The van der Waals surface area contributed by atoms with Gasteiger partial charge < -0.3 is 19.6 Å². The van der Waals surface area contributed by atoms with Crippen LogP contribution in [0.3, 0.4) is 0 Å². The third-order valence-electron chi connectivity index (χ3n) is 4.29. The fourth-order valence-corrected chi connectivity index (χ4v) is 2.95. The minimum absolute atomic E-state index is 0.262. The summed E-state index contributed by atoms with van der Waals surface area (Å²) in [4.78, 5) is 4.11. The van der Waals surface area contributed by atoms with Gasteiger partial charge in [0.05, 0.1) is 6.61 Å². The number of likely N-dealkylation sites (N-methyl/N-ethyl adjacent to an activating group) is 1. The molecule has 1 heterocycles. The molecule has 0 aromatic heterocycles. The molecule has 0 saturated heterocycles. The number of rotatable bonds is 5. The van der Waals surface area contributed by atoms with Gasteiger partial charge in [-0.05, 0) is 57.7 Å². The van der Waals surface area contributed by atoms with Crippen molar-refractivity contribution in [1.82, 2.24) is 4.90 Å². The zero-order chi connectivity index (χ0) is 14.9. The topological polar surface area (TPSA) is 35.9 Å². The van der Waals surface area contributed by atoms with E-state index in [1.807, 2.05) is 31.0 Å². The van der Waals surface area contributed by atoms with E-state index in [9.17, 15) is 5.11 Å². The average molecular weight is 278 g/mol. The number of hydrogen-bond donors (Lipinski definition) is 1. The number of hydrogen-bond acceptors (Lipinski definition) is 4. The first-order valence-corrected chi connectivity index (χ1v) is 7.23. The van der Waals surface area contributed by atoms with Crippen molar-refractivity contribution >= 4 is 5.69 Å². The molecule has 1 aliphatic rings. The molecule has 0 spiro atoms. The highest BCUT2D eigenvalue weighted by Crippen LogP contribution is 2.47. The molecule has 2 atom stereocenters. The van der Waals surface area contributed by atoms with Crippen molar-refractivity contribution in [3.05, 3.63) is 23.8 Å². The van der Waals surface area contributed by atoms with Gasteiger partial charge in [0.2, 0.25) is 0 Å². The van der Waals surface area contributed by atoms with Crippen LogP contribution in [0.2, 0.25) is 0 Å². The second kappa shape index (κ2) is 5.62. The molecule has 1 N–H and O–H groups in total. The van der Waals surface area contributed by atoms with Gasteiger partial charge in [0.25, 0.3) is 0 Å². The molecular formula is C16H26N2O2. The predicted octanol–water partition coefficient (Wildman–Crippen LogP) is 2.06. The van der Waals surface area contributed by atoms with E-state index in [0.29, 0.717) is 6.61 Å². The summed E-state index contributed by atoms with van der Waals surface area (Å²) in [6.45, 7) is 5.73. The smallest absolute Gasteiger partial charge is 0.136 e.